The van der Waals surface area contributed by atoms with Crippen molar-refractivity contribution in [2.75, 3.05) is 14.2 Å². The van der Waals surface area contributed by atoms with Gasteiger partial charge in [-0.25, -0.2) is 4.79 Å². The van der Waals surface area contributed by atoms with Crippen molar-refractivity contribution in [3.05, 3.63) is 12.2 Å². The number of hydrogen-bond acceptors (Lipinski definition) is 5. The van der Waals surface area contributed by atoms with Crippen LogP contribution in [0.3, 0.4) is 0 Å². The monoisotopic (exact) mass is 252 g/mol. The fraction of sp³-hybridized carbons (Fsp3) is 0.615. The van der Waals surface area contributed by atoms with E-state index in [4.69, 9.17) is 4.74 Å². The second kappa shape index (κ2) is 3.93. The summed E-state index contributed by atoms with van der Waals surface area (Å²) in [7, 11) is 2.56. The number of ether oxygens (including phenoxy) is 2. The molecule has 2 aliphatic carbocycles. The van der Waals surface area contributed by atoms with Crippen LogP contribution in [0.1, 0.15) is 19.8 Å². The second-order valence-electron chi connectivity index (χ2n) is 4.95. The molecule has 0 unspecified atom stereocenters. The minimum absolute atomic E-state index is 0.0640. The Hall–Kier alpha value is -1.65. The summed E-state index contributed by atoms with van der Waals surface area (Å²) in [6, 6.07) is 0. The predicted molar refractivity (Wildman–Crippen MR) is 61.4 cm³/mol. The highest BCUT2D eigenvalue weighted by atomic mass is 16.5. The van der Waals surface area contributed by atoms with Gasteiger partial charge < -0.3 is 9.47 Å². The molecule has 0 radical (unpaired) electrons. The number of fused-ring (bicyclic) bond motifs is 1. The number of carbonyl (C=O) groups excluding carboxylic acids is 3. The molecule has 2 fully saturated rings. The molecule has 2 rings (SSSR count). The van der Waals surface area contributed by atoms with Gasteiger partial charge in [-0.15, -0.1) is 0 Å². The highest BCUT2D eigenvalue weighted by Gasteiger charge is 2.83. The molecule has 2 saturated carbocycles. The average Bonchev–Trinajstić information content (AvgIpc) is 2.70. The zero-order valence-electron chi connectivity index (χ0n) is 10.7. The summed E-state index contributed by atoms with van der Waals surface area (Å²) in [6.07, 6.45) is 3.95. The lowest BCUT2D eigenvalue weighted by molar-refractivity contribution is -0.152. The van der Waals surface area contributed by atoms with E-state index in [9.17, 15) is 14.4 Å². The largest absolute Gasteiger partial charge is 0.468 e. The summed E-state index contributed by atoms with van der Waals surface area (Å²) in [5.74, 6) is -1.14. The number of methoxy groups -OCH3 is 2. The Balaban J connectivity index is 2.31. The van der Waals surface area contributed by atoms with Gasteiger partial charge in [0.25, 0.3) is 0 Å². The first-order valence-electron chi connectivity index (χ1n) is 5.84. The van der Waals surface area contributed by atoms with Gasteiger partial charge in [0.15, 0.2) is 5.78 Å². The molecule has 0 heterocycles. The van der Waals surface area contributed by atoms with Crippen molar-refractivity contribution in [1.29, 1.82) is 0 Å². The predicted octanol–water partition coefficient (Wildman–Crippen LogP) is 0.874. The molecule has 98 valence electrons. The zero-order valence-corrected chi connectivity index (χ0v) is 10.7. The number of ketones is 1. The molecule has 0 aromatic rings. The van der Waals surface area contributed by atoms with E-state index in [1.54, 1.807) is 6.08 Å². The molecular weight excluding hydrogens is 236 g/mol. The third kappa shape index (κ3) is 1.30. The van der Waals surface area contributed by atoms with E-state index in [2.05, 4.69) is 4.74 Å². The topological polar surface area (TPSA) is 69.7 Å². The van der Waals surface area contributed by atoms with E-state index >= 15 is 0 Å². The Morgan fingerprint density at radius 1 is 1.33 bits per heavy atom. The normalized spacial score (nSPS) is 37.5. The SMILES string of the molecule is COC(=O)/C=C\[C@@]1(C)[C@@H]2CCC(=O)[C@@]21C(=O)OC. The molecule has 18 heavy (non-hydrogen) atoms. The molecule has 0 N–H and O–H groups in total. The average molecular weight is 252 g/mol. The van der Waals surface area contributed by atoms with E-state index in [0.29, 0.717) is 12.8 Å². The van der Waals surface area contributed by atoms with Crippen molar-refractivity contribution in [3.63, 3.8) is 0 Å². The number of hydrogen-bond donors (Lipinski definition) is 0. The van der Waals surface area contributed by atoms with Crippen molar-refractivity contribution in [3.8, 4) is 0 Å². The molecule has 0 aromatic carbocycles. The number of carbonyl (C=O) groups is 3. The van der Waals surface area contributed by atoms with Crippen LogP contribution in [-0.2, 0) is 23.9 Å². The third-order valence-electron chi connectivity index (χ3n) is 4.39. The van der Waals surface area contributed by atoms with Gasteiger partial charge >= 0.3 is 11.9 Å². The molecular formula is C13H16O5. The Morgan fingerprint density at radius 3 is 2.56 bits per heavy atom. The van der Waals surface area contributed by atoms with E-state index in [1.165, 1.54) is 20.3 Å². The van der Waals surface area contributed by atoms with Crippen molar-refractivity contribution in [2.45, 2.75) is 19.8 Å². The fourth-order valence-electron chi connectivity index (χ4n) is 3.41. The minimum atomic E-state index is -1.08. The molecule has 0 bridgehead atoms. The van der Waals surface area contributed by atoms with Crippen LogP contribution in [0.15, 0.2) is 12.2 Å². The van der Waals surface area contributed by atoms with Gasteiger partial charge in [0.2, 0.25) is 0 Å². The van der Waals surface area contributed by atoms with Gasteiger partial charge in [-0.3, -0.25) is 9.59 Å². The van der Waals surface area contributed by atoms with Gasteiger partial charge in [0.05, 0.1) is 14.2 Å². The van der Waals surface area contributed by atoms with Gasteiger partial charge in [0, 0.05) is 17.9 Å². The number of Topliss-reactive ketones (excluding diaryl/α,β-unsaturated/α-hetero) is 1. The Morgan fingerprint density at radius 2 is 2.00 bits per heavy atom. The highest BCUT2D eigenvalue weighted by molar-refractivity contribution is 6.11. The molecule has 3 atom stereocenters. The smallest absolute Gasteiger partial charge is 0.330 e. The van der Waals surface area contributed by atoms with Gasteiger partial charge in [0.1, 0.15) is 5.41 Å². The Kier molecular flexibility index (Phi) is 2.80. The van der Waals surface area contributed by atoms with Crippen molar-refractivity contribution in [2.24, 2.45) is 16.7 Å². The van der Waals surface area contributed by atoms with Gasteiger partial charge in [-0.05, 0) is 12.3 Å². The van der Waals surface area contributed by atoms with Gasteiger partial charge in [-0.2, -0.15) is 0 Å². The quantitative estimate of drug-likeness (QED) is 0.423. The summed E-state index contributed by atoms with van der Waals surface area (Å²) in [4.78, 5) is 35.1. The minimum Gasteiger partial charge on any atom is -0.468 e. The molecule has 5 nitrogen and oxygen atoms in total. The molecule has 0 aromatic heterocycles. The van der Waals surface area contributed by atoms with E-state index in [1.807, 2.05) is 6.92 Å². The standard InChI is InChI=1S/C13H16O5/c1-12(7-6-10(15)17-2)8-4-5-9(14)13(8,12)11(16)18-3/h6-8H,4-5H2,1-3H3/b7-6-/t8-,12-,13+/m0/s1. The van der Waals surface area contributed by atoms with Crippen LogP contribution >= 0.6 is 0 Å². The second-order valence-corrected chi connectivity index (χ2v) is 4.95. The molecule has 0 amide bonds. The Labute approximate surface area is 105 Å². The lowest BCUT2D eigenvalue weighted by Gasteiger charge is -2.16. The van der Waals surface area contributed by atoms with Crippen LogP contribution < -0.4 is 0 Å². The van der Waals surface area contributed by atoms with Crippen molar-refractivity contribution >= 4 is 17.7 Å². The summed E-state index contributed by atoms with van der Waals surface area (Å²) in [5.41, 5.74) is -1.70. The molecule has 5 heteroatoms. The van der Waals surface area contributed by atoms with Crippen molar-refractivity contribution in [1.82, 2.24) is 0 Å². The van der Waals surface area contributed by atoms with Crippen LogP contribution in [0.2, 0.25) is 0 Å². The van der Waals surface area contributed by atoms with E-state index in [0.717, 1.165) is 0 Å². The van der Waals surface area contributed by atoms with Gasteiger partial charge in [-0.1, -0.05) is 13.0 Å². The van der Waals surface area contributed by atoms with Crippen LogP contribution in [-0.4, -0.2) is 31.9 Å². The molecule has 2 aliphatic rings. The van der Waals surface area contributed by atoms with Crippen LogP contribution in [0.5, 0.6) is 0 Å². The lowest BCUT2D eigenvalue weighted by atomic mass is 9.88. The maximum absolute atomic E-state index is 12.0. The summed E-state index contributed by atoms with van der Waals surface area (Å²) in [6.45, 7) is 1.81. The summed E-state index contributed by atoms with van der Waals surface area (Å²) >= 11 is 0. The number of rotatable bonds is 3. The van der Waals surface area contributed by atoms with Crippen LogP contribution in [0, 0.1) is 16.7 Å². The number of esters is 2. The lowest BCUT2D eigenvalue weighted by Crippen LogP contribution is -2.30. The third-order valence-corrected chi connectivity index (χ3v) is 4.39. The zero-order chi connectivity index (χ0) is 13.6. The summed E-state index contributed by atoms with van der Waals surface area (Å²) in [5, 5.41) is 0. The highest BCUT2D eigenvalue weighted by Crippen LogP contribution is 2.76. The molecule has 0 saturated heterocycles. The molecule has 0 aliphatic heterocycles. The van der Waals surface area contributed by atoms with E-state index < -0.39 is 22.8 Å². The van der Waals surface area contributed by atoms with E-state index in [-0.39, 0.29) is 11.7 Å². The first-order chi connectivity index (χ1) is 8.45. The van der Waals surface area contributed by atoms with Crippen LogP contribution in [0.25, 0.3) is 0 Å². The van der Waals surface area contributed by atoms with Crippen molar-refractivity contribution < 1.29 is 23.9 Å². The number of allylic oxidation sites excluding steroid dienone is 1. The first-order valence-corrected chi connectivity index (χ1v) is 5.84. The fourth-order valence-corrected chi connectivity index (χ4v) is 3.41. The maximum atomic E-state index is 12.0. The first kappa shape index (κ1) is 12.8. The molecule has 0 spiro atoms. The summed E-state index contributed by atoms with van der Waals surface area (Å²) < 4.78 is 9.28. The Bertz CT molecular complexity index is 452. The maximum Gasteiger partial charge on any atom is 0.330 e. The van der Waals surface area contributed by atoms with Crippen LogP contribution in [0.4, 0.5) is 0 Å².